The lowest BCUT2D eigenvalue weighted by atomic mass is 10.1. The Bertz CT molecular complexity index is 773. The third-order valence-corrected chi connectivity index (χ3v) is 4.79. The van der Waals surface area contributed by atoms with Gasteiger partial charge in [-0.25, -0.2) is 0 Å². The summed E-state index contributed by atoms with van der Waals surface area (Å²) < 4.78 is 10.9. The van der Waals surface area contributed by atoms with Crippen LogP contribution in [0.4, 0.5) is 5.69 Å². The fraction of sp³-hybridized carbons (Fsp3) is 0.350. The second kappa shape index (κ2) is 8.32. The van der Waals surface area contributed by atoms with Crippen LogP contribution >= 0.6 is 11.6 Å². The van der Waals surface area contributed by atoms with Crippen LogP contribution in [0, 0.1) is 6.92 Å². The Morgan fingerprint density at radius 2 is 1.77 bits per heavy atom. The maximum absolute atomic E-state index is 12.4. The Labute approximate surface area is 159 Å². The van der Waals surface area contributed by atoms with Crippen molar-refractivity contribution in [1.82, 2.24) is 4.90 Å². The molecule has 0 bridgehead atoms. The maximum Gasteiger partial charge on any atom is 0.260 e. The average molecular weight is 375 g/mol. The lowest BCUT2D eigenvalue weighted by Crippen LogP contribution is -2.50. The number of carbonyl (C=O) groups excluding carboxylic acids is 1. The number of aryl methyl sites for hydroxylation is 1. The molecule has 26 heavy (non-hydrogen) atoms. The van der Waals surface area contributed by atoms with E-state index in [1.165, 1.54) is 5.69 Å². The standard InChI is InChI=1S/C20H23ClN2O3/c1-15-13-16(21)7-8-17(15)22-9-11-23(12-10-22)20(24)14-26-19-6-4-3-5-18(19)25-2/h3-8,13H,9-12,14H2,1-2H3. The first kappa shape index (κ1) is 18.4. The van der Waals surface area contributed by atoms with Gasteiger partial charge in [-0.3, -0.25) is 4.79 Å². The molecule has 2 aromatic rings. The highest BCUT2D eigenvalue weighted by Gasteiger charge is 2.22. The minimum absolute atomic E-state index is 0.0108. The first-order valence-electron chi connectivity index (χ1n) is 8.63. The molecule has 1 saturated heterocycles. The number of carbonyl (C=O) groups is 1. The number of hydrogen-bond acceptors (Lipinski definition) is 4. The third kappa shape index (κ3) is 4.22. The highest BCUT2D eigenvalue weighted by Crippen LogP contribution is 2.26. The molecule has 0 spiro atoms. The minimum Gasteiger partial charge on any atom is -0.493 e. The lowest BCUT2D eigenvalue weighted by Gasteiger charge is -2.36. The summed E-state index contributed by atoms with van der Waals surface area (Å²) in [5.74, 6) is 1.20. The summed E-state index contributed by atoms with van der Waals surface area (Å²) in [4.78, 5) is 16.6. The number of anilines is 1. The summed E-state index contributed by atoms with van der Waals surface area (Å²) in [5.41, 5.74) is 2.32. The molecule has 3 rings (SSSR count). The molecule has 1 amide bonds. The zero-order chi connectivity index (χ0) is 18.5. The second-order valence-electron chi connectivity index (χ2n) is 6.24. The van der Waals surface area contributed by atoms with E-state index in [1.807, 2.05) is 41.3 Å². The van der Waals surface area contributed by atoms with Crippen molar-refractivity contribution < 1.29 is 14.3 Å². The Morgan fingerprint density at radius 1 is 1.08 bits per heavy atom. The van der Waals surface area contributed by atoms with Gasteiger partial charge in [0.05, 0.1) is 7.11 Å². The number of benzene rings is 2. The van der Waals surface area contributed by atoms with Gasteiger partial charge in [-0.05, 0) is 42.8 Å². The smallest absolute Gasteiger partial charge is 0.260 e. The summed E-state index contributed by atoms with van der Waals surface area (Å²) in [6, 6.07) is 13.2. The van der Waals surface area contributed by atoms with Crippen LogP contribution in [-0.4, -0.2) is 50.7 Å². The number of halogens is 1. The van der Waals surface area contributed by atoms with E-state index in [4.69, 9.17) is 21.1 Å². The summed E-state index contributed by atoms with van der Waals surface area (Å²) >= 11 is 6.03. The SMILES string of the molecule is COc1ccccc1OCC(=O)N1CCN(c2ccc(Cl)cc2C)CC1. The number of rotatable bonds is 5. The highest BCUT2D eigenvalue weighted by molar-refractivity contribution is 6.30. The third-order valence-electron chi connectivity index (χ3n) is 4.55. The number of piperazine rings is 1. The van der Waals surface area contributed by atoms with Crippen molar-refractivity contribution in [3.8, 4) is 11.5 Å². The van der Waals surface area contributed by atoms with Gasteiger partial charge < -0.3 is 19.3 Å². The molecule has 0 aliphatic carbocycles. The van der Waals surface area contributed by atoms with Crippen molar-refractivity contribution in [2.24, 2.45) is 0 Å². The number of methoxy groups -OCH3 is 1. The van der Waals surface area contributed by atoms with Gasteiger partial charge in [0, 0.05) is 36.9 Å². The Morgan fingerprint density at radius 3 is 2.42 bits per heavy atom. The molecular weight excluding hydrogens is 352 g/mol. The number of nitrogens with zero attached hydrogens (tertiary/aromatic N) is 2. The molecule has 0 atom stereocenters. The molecule has 1 aliphatic rings. The van der Waals surface area contributed by atoms with Crippen molar-refractivity contribution in [1.29, 1.82) is 0 Å². The van der Waals surface area contributed by atoms with Gasteiger partial charge in [-0.2, -0.15) is 0 Å². The summed E-state index contributed by atoms with van der Waals surface area (Å²) in [6.45, 7) is 5.01. The maximum atomic E-state index is 12.4. The topological polar surface area (TPSA) is 42.0 Å². The molecule has 138 valence electrons. The molecule has 0 radical (unpaired) electrons. The van der Waals surface area contributed by atoms with E-state index < -0.39 is 0 Å². The van der Waals surface area contributed by atoms with Crippen LogP contribution in [0.1, 0.15) is 5.56 Å². The van der Waals surface area contributed by atoms with Crippen LogP contribution in [0.5, 0.6) is 11.5 Å². The van der Waals surface area contributed by atoms with E-state index in [0.717, 1.165) is 23.7 Å². The molecule has 0 N–H and O–H groups in total. The lowest BCUT2D eigenvalue weighted by molar-refractivity contribution is -0.133. The molecule has 2 aromatic carbocycles. The van der Waals surface area contributed by atoms with Crippen LogP contribution in [-0.2, 0) is 4.79 Å². The zero-order valence-electron chi connectivity index (χ0n) is 15.1. The molecule has 6 heteroatoms. The van der Waals surface area contributed by atoms with Crippen LogP contribution in [0.2, 0.25) is 5.02 Å². The van der Waals surface area contributed by atoms with Gasteiger partial charge in [0.15, 0.2) is 18.1 Å². The monoisotopic (exact) mass is 374 g/mol. The van der Waals surface area contributed by atoms with Crippen LogP contribution in [0.25, 0.3) is 0 Å². The van der Waals surface area contributed by atoms with E-state index in [-0.39, 0.29) is 12.5 Å². The molecule has 0 saturated carbocycles. The van der Waals surface area contributed by atoms with Crippen molar-refractivity contribution in [2.45, 2.75) is 6.92 Å². The molecule has 1 fully saturated rings. The van der Waals surface area contributed by atoms with Gasteiger partial charge >= 0.3 is 0 Å². The van der Waals surface area contributed by atoms with Gasteiger partial charge in [-0.15, -0.1) is 0 Å². The van der Waals surface area contributed by atoms with Crippen molar-refractivity contribution in [2.75, 3.05) is 44.8 Å². The predicted octanol–water partition coefficient (Wildman–Crippen LogP) is 3.38. The second-order valence-corrected chi connectivity index (χ2v) is 6.67. The molecule has 0 unspecified atom stereocenters. The Hall–Kier alpha value is -2.40. The quantitative estimate of drug-likeness (QED) is 0.804. The number of hydrogen-bond donors (Lipinski definition) is 0. The summed E-state index contributed by atoms with van der Waals surface area (Å²) in [7, 11) is 1.59. The first-order valence-corrected chi connectivity index (χ1v) is 9.01. The Balaban J connectivity index is 1.53. The number of amides is 1. The average Bonchev–Trinajstić information content (AvgIpc) is 2.66. The minimum atomic E-state index is -0.0108. The fourth-order valence-corrected chi connectivity index (χ4v) is 3.37. The van der Waals surface area contributed by atoms with Gasteiger partial charge in [-0.1, -0.05) is 23.7 Å². The normalized spacial score (nSPS) is 14.3. The number of para-hydroxylation sites is 2. The molecular formula is C20H23ClN2O3. The van der Waals surface area contributed by atoms with Crippen molar-refractivity contribution in [3.63, 3.8) is 0 Å². The van der Waals surface area contributed by atoms with E-state index in [1.54, 1.807) is 13.2 Å². The van der Waals surface area contributed by atoms with Crippen LogP contribution in [0.3, 0.4) is 0 Å². The van der Waals surface area contributed by atoms with Crippen LogP contribution < -0.4 is 14.4 Å². The Kier molecular flexibility index (Phi) is 5.89. The van der Waals surface area contributed by atoms with Gasteiger partial charge in [0.2, 0.25) is 0 Å². The van der Waals surface area contributed by atoms with Gasteiger partial charge in [0.1, 0.15) is 0 Å². The van der Waals surface area contributed by atoms with Crippen LogP contribution in [0.15, 0.2) is 42.5 Å². The fourth-order valence-electron chi connectivity index (χ4n) is 3.14. The van der Waals surface area contributed by atoms with Crippen molar-refractivity contribution in [3.05, 3.63) is 53.1 Å². The van der Waals surface area contributed by atoms with E-state index >= 15 is 0 Å². The highest BCUT2D eigenvalue weighted by atomic mass is 35.5. The summed E-state index contributed by atoms with van der Waals surface area (Å²) in [5, 5.41) is 0.744. The molecule has 1 heterocycles. The zero-order valence-corrected chi connectivity index (χ0v) is 15.8. The molecule has 0 aromatic heterocycles. The van der Waals surface area contributed by atoms with E-state index in [2.05, 4.69) is 11.8 Å². The molecule has 1 aliphatic heterocycles. The van der Waals surface area contributed by atoms with Gasteiger partial charge in [0.25, 0.3) is 5.91 Å². The summed E-state index contributed by atoms with van der Waals surface area (Å²) in [6.07, 6.45) is 0. The number of ether oxygens (including phenoxy) is 2. The van der Waals surface area contributed by atoms with E-state index in [9.17, 15) is 4.79 Å². The largest absolute Gasteiger partial charge is 0.493 e. The van der Waals surface area contributed by atoms with E-state index in [0.29, 0.717) is 24.6 Å². The van der Waals surface area contributed by atoms with Crippen molar-refractivity contribution >= 4 is 23.2 Å². The molecule has 5 nitrogen and oxygen atoms in total. The predicted molar refractivity (Wildman–Crippen MR) is 103 cm³/mol. The first-order chi connectivity index (χ1) is 12.6.